The molecule has 5 nitrogen and oxygen atoms in total. The fourth-order valence-electron chi connectivity index (χ4n) is 2.86. The molecule has 2 atom stereocenters. The van der Waals surface area contributed by atoms with Crippen molar-refractivity contribution in [2.75, 3.05) is 13.1 Å². The number of amides is 1. The molecule has 2 heterocycles. The molecule has 1 unspecified atom stereocenters. The Balaban J connectivity index is 2.32. The molecule has 122 valence electrons. The summed E-state index contributed by atoms with van der Waals surface area (Å²) < 4.78 is 39.4. The molecule has 1 fully saturated rings. The summed E-state index contributed by atoms with van der Waals surface area (Å²) in [5.74, 6) is -0.901. The first-order chi connectivity index (χ1) is 10.2. The number of primary amides is 1. The van der Waals surface area contributed by atoms with Crippen LogP contribution in [0.2, 0.25) is 0 Å². The number of nitrogens with one attached hydrogen (secondary N) is 1. The van der Waals surface area contributed by atoms with Crippen LogP contribution in [0.5, 0.6) is 0 Å². The lowest BCUT2D eigenvalue weighted by Crippen LogP contribution is -2.47. The van der Waals surface area contributed by atoms with Crippen molar-refractivity contribution >= 4 is 5.91 Å². The normalized spacial score (nSPS) is 21.5. The molecule has 1 saturated heterocycles. The Hall–Kier alpha value is -1.83. The molecule has 8 heteroatoms. The molecule has 0 bridgehead atoms. The van der Waals surface area contributed by atoms with Crippen LogP contribution in [0.4, 0.5) is 13.2 Å². The fourth-order valence-corrected chi connectivity index (χ4v) is 2.86. The largest absolute Gasteiger partial charge is 0.416 e. The SMILES string of the molecule is CC(C(N)=O)N1CCC[C@@H](c2c[nH]c(=O)cc2C(F)(F)F)C1. The van der Waals surface area contributed by atoms with Gasteiger partial charge in [-0.05, 0) is 37.8 Å². The molecule has 0 spiro atoms. The molecular formula is C14H18F3N3O2. The number of nitrogens with zero attached hydrogens (tertiary/aromatic N) is 1. The maximum atomic E-state index is 13.1. The zero-order valence-corrected chi connectivity index (χ0v) is 12.1. The van der Waals surface area contributed by atoms with Crippen LogP contribution in [0.15, 0.2) is 17.1 Å². The smallest absolute Gasteiger partial charge is 0.368 e. The third-order valence-corrected chi connectivity index (χ3v) is 4.11. The van der Waals surface area contributed by atoms with Crippen LogP contribution in [-0.2, 0) is 11.0 Å². The molecule has 2 rings (SSSR count). The van der Waals surface area contributed by atoms with Crippen molar-refractivity contribution in [3.8, 4) is 0 Å². The second-order valence-electron chi connectivity index (χ2n) is 5.58. The van der Waals surface area contributed by atoms with Crippen LogP contribution in [0.25, 0.3) is 0 Å². The summed E-state index contributed by atoms with van der Waals surface area (Å²) in [6, 6.07) is 0.0612. The number of carbonyl (C=O) groups is 1. The Morgan fingerprint density at radius 1 is 1.50 bits per heavy atom. The Labute approximate surface area is 125 Å². The standard InChI is InChI=1S/C14H18F3N3O2/c1-8(13(18)22)20-4-2-3-9(7-20)10-6-19-12(21)5-11(10)14(15,16)17/h5-6,8-9H,2-4,7H2,1H3,(H2,18,22)(H,19,21)/t8?,9-/m1/s1. The number of piperidine rings is 1. The highest BCUT2D eigenvalue weighted by molar-refractivity contribution is 5.79. The highest BCUT2D eigenvalue weighted by Crippen LogP contribution is 2.37. The van der Waals surface area contributed by atoms with E-state index in [0.717, 1.165) is 6.20 Å². The van der Waals surface area contributed by atoms with Gasteiger partial charge in [-0.15, -0.1) is 0 Å². The molecule has 1 aliphatic rings. The maximum absolute atomic E-state index is 13.1. The lowest BCUT2D eigenvalue weighted by molar-refractivity contribution is -0.138. The van der Waals surface area contributed by atoms with E-state index in [1.807, 2.05) is 0 Å². The molecule has 1 aromatic heterocycles. The number of pyridine rings is 1. The van der Waals surface area contributed by atoms with E-state index in [-0.39, 0.29) is 5.56 Å². The molecule has 1 aromatic rings. The third kappa shape index (κ3) is 3.49. The van der Waals surface area contributed by atoms with E-state index in [0.29, 0.717) is 32.0 Å². The number of hydrogen-bond acceptors (Lipinski definition) is 3. The number of likely N-dealkylation sites (tertiary alicyclic amines) is 1. The van der Waals surface area contributed by atoms with Crippen LogP contribution >= 0.6 is 0 Å². The topological polar surface area (TPSA) is 79.2 Å². The molecule has 1 aliphatic heterocycles. The second kappa shape index (κ2) is 6.12. The first-order valence-electron chi connectivity index (χ1n) is 7.03. The van der Waals surface area contributed by atoms with Crippen LogP contribution in [0.3, 0.4) is 0 Å². The third-order valence-electron chi connectivity index (χ3n) is 4.11. The molecular weight excluding hydrogens is 299 g/mol. The van der Waals surface area contributed by atoms with Crippen LogP contribution in [0, 0.1) is 0 Å². The number of H-pyrrole nitrogens is 1. The van der Waals surface area contributed by atoms with Crippen molar-refractivity contribution in [3.05, 3.63) is 33.7 Å². The molecule has 22 heavy (non-hydrogen) atoms. The van der Waals surface area contributed by atoms with Gasteiger partial charge in [0.25, 0.3) is 0 Å². The number of halogens is 3. The van der Waals surface area contributed by atoms with Gasteiger partial charge >= 0.3 is 6.18 Å². The van der Waals surface area contributed by atoms with Crippen molar-refractivity contribution in [1.82, 2.24) is 9.88 Å². The van der Waals surface area contributed by atoms with Crippen molar-refractivity contribution in [1.29, 1.82) is 0 Å². The Morgan fingerprint density at radius 3 is 2.77 bits per heavy atom. The number of rotatable bonds is 3. The first-order valence-corrected chi connectivity index (χ1v) is 7.03. The van der Waals surface area contributed by atoms with E-state index in [1.54, 1.807) is 11.8 Å². The predicted molar refractivity (Wildman–Crippen MR) is 74.3 cm³/mol. The molecule has 0 aliphatic carbocycles. The fraction of sp³-hybridized carbons (Fsp3) is 0.571. The van der Waals surface area contributed by atoms with Gasteiger partial charge in [0.15, 0.2) is 0 Å². The van der Waals surface area contributed by atoms with Gasteiger partial charge in [-0.1, -0.05) is 0 Å². The van der Waals surface area contributed by atoms with Crippen molar-refractivity contribution in [3.63, 3.8) is 0 Å². The quantitative estimate of drug-likeness (QED) is 0.885. The van der Waals surface area contributed by atoms with Gasteiger partial charge in [-0.3, -0.25) is 14.5 Å². The maximum Gasteiger partial charge on any atom is 0.416 e. The van der Waals surface area contributed by atoms with Crippen LogP contribution < -0.4 is 11.3 Å². The minimum Gasteiger partial charge on any atom is -0.368 e. The first kappa shape index (κ1) is 16.5. The van der Waals surface area contributed by atoms with Crippen molar-refractivity contribution < 1.29 is 18.0 Å². The lowest BCUT2D eigenvalue weighted by Gasteiger charge is -2.36. The Kier molecular flexibility index (Phi) is 4.60. The van der Waals surface area contributed by atoms with E-state index < -0.39 is 35.2 Å². The molecule has 1 amide bonds. The second-order valence-corrected chi connectivity index (χ2v) is 5.58. The van der Waals surface area contributed by atoms with Crippen molar-refractivity contribution in [2.24, 2.45) is 5.73 Å². The average Bonchev–Trinajstić information content (AvgIpc) is 2.45. The average molecular weight is 317 g/mol. The molecule has 0 saturated carbocycles. The van der Waals surface area contributed by atoms with Gasteiger partial charge in [0.05, 0.1) is 11.6 Å². The van der Waals surface area contributed by atoms with Gasteiger partial charge in [-0.2, -0.15) is 13.2 Å². The van der Waals surface area contributed by atoms with Gasteiger partial charge in [0, 0.05) is 18.8 Å². The molecule has 0 aromatic carbocycles. The Bertz CT molecular complexity index is 612. The number of carbonyl (C=O) groups excluding carboxylic acids is 1. The van der Waals surface area contributed by atoms with Crippen LogP contribution in [0.1, 0.15) is 36.8 Å². The number of nitrogens with two attached hydrogens (primary N) is 1. The number of alkyl halides is 3. The number of aromatic nitrogens is 1. The van der Waals surface area contributed by atoms with Gasteiger partial charge in [-0.25, -0.2) is 0 Å². The van der Waals surface area contributed by atoms with Crippen molar-refractivity contribution in [2.45, 2.75) is 37.9 Å². The summed E-state index contributed by atoms with van der Waals surface area (Å²) in [5.41, 5.74) is 3.63. The summed E-state index contributed by atoms with van der Waals surface area (Å²) in [6.07, 6.45) is -2.22. The highest BCUT2D eigenvalue weighted by Gasteiger charge is 2.37. The predicted octanol–water partition coefficient (Wildman–Crippen LogP) is 1.45. The zero-order valence-electron chi connectivity index (χ0n) is 12.1. The zero-order chi connectivity index (χ0) is 16.5. The lowest BCUT2D eigenvalue weighted by atomic mass is 9.88. The van der Waals surface area contributed by atoms with Crippen LogP contribution in [-0.4, -0.2) is 34.9 Å². The Morgan fingerprint density at radius 2 is 2.18 bits per heavy atom. The van der Waals surface area contributed by atoms with E-state index in [4.69, 9.17) is 5.73 Å². The molecule has 0 radical (unpaired) electrons. The summed E-state index contributed by atoms with van der Waals surface area (Å²) in [6.45, 7) is 2.56. The molecule has 3 N–H and O–H groups in total. The number of aromatic amines is 1. The summed E-state index contributed by atoms with van der Waals surface area (Å²) in [4.78, 5) is 26.6. The summed E-state index contributed by atoms with van der Waals surface area (Å²) in [5, 5.41) is 0. The van der Waals surface area contributed by atoms with Gasteiger partial charge in [0.1, 0.15) is 0 Å². The van der Waals surface area contributed by atoms with E-state index in [1.165, 1.54) is 0 Å². The van der Waals surface area contributed by atoms with E-state index in [9.17, 15) is 22.8 Å². The summed E-state index contributed by atoms with van der Waals surface area (Å²) in [7, 11) is 0. The minimum atomic E-state index is -4.58. The number of hydrogen-bond donors (Lipinski definition) is 2. The minimum absolute atomic E-state index is 0.0634. The van der Waals surface area contributed by atoms with Gasteiger partial charge in [0.2, 0.25) is 11.5 Å². The van der Waals surface area contributed by atoms with E-state index >= 15 is 0 Å². The highest BCUT2D eigenvalue weighted by atomic mass is 19.4. The van der Waals surface area contributed by atoms with E-state index in [2.05, 4.69) is 4.98 Å². The monoisotopic (exact) mass is 317 g/mol. The summed E-state index contributed by atoms with van der Waals surface area (Å²) >= 11 is 0. The van der Waals surface area contributed by atoms with Gasteiger partial charge < -0.3 is 10.7 Å².